The lowest BCUT2D eigenvalue weighted by Crippen LogP contribution is -2.43. The number of rotatable bonds is 2. The third-order valence-corrected chi connectivity index (χ3v) is 4.84. The fraction of sp³-hybridized carbons (Fsp3) is 0.684. The number of benzene rings is 1. The first-order valence-corrected chi connectivity index (χ1v) is 8.51. The first kappa shape index (κ1) is 15.6. The monoisotopic (exact) mass is 273 g/mol. The maximum atomic E-state index is 2.71. The van der Waals surface area contributed by atoms with Crippen molar-refractivity contribution in [3.8, 4) is 0 Å². The second kappa shape index (κ2) is 6.76. The molecule has 0 spiro atoms. The maximum absolute atomic E-state index is 2.71. The van der Waals surface area contributed by atoms with Gasteiger partial charge in [0, 0.05) is 19.1 Å². The standard InChI is InChI=1S/C17H25N.C2H6/c1-12(2)17-10-15-11-18(16-5-4-6-16)8-7-14(15)9-13(17)3;1-2/h9-10,12,16H,4-8,11H2,1-3H3;1-2H3. The summed E-state index contributed by atoms with van der Waals surface area (Å²) in [4.78, 5) is 2.71. The van der Waals surface area contributed by atoms with Crippen molar-refractivity contribution in [3.05, 3.63) is 34.4 Å². The summed E-state index contributed by atoms with van der Waals surface area (Å²) >= 11 is 0. The highest BCUT2D eigenvalue weighted by Gasteiger charge is 2.28. The molecule has 112 valence electrons. The van der Waals surface area contributed by atoms with E-state index >= 15 is 0 Å². The second-order valence-corrected chi connectivity index (χ2v) is 6.44. The van der Waals surface area contributed by atoms with E-state index in [4.69, 9.17) is 0 Å². The van der Waals surface area contributed by atoms with Crippen molar-refractivity contribution in [2.45, 2.75) is 78.8 Å². The van der Waals surface area contributed by atoms with Crippen LogP contribution in [0.25, 0.3) is 0 Å². The van der Waals surface area contributed by atoms with Crippen LogP contribution < -0.4 is 0 Å². The molecule has 0 saturated heterocycles. The molecule has 0 aromatic heterocycles. The first-order chi connectivity index (χ1) is 9.65. The molecule has 1 aromatic carbocycles. The summed E-state index contributed by atoms with van der Waals surface area (Å²) in [5.74, 6) is 0.648. The molecule has 1 aliphatic heterocycles. The lowest BCUT2D eigenvalue weighted by Gasteiger charge is -2.40. The van der Waals surface area contributed by atoms with Gasteiger partial charge in [-0.3, -0.25) is 4.90 Å². The van der Waals surface area contributed by atoms with Crippen molar-refractivity contribution < 1.29 is 0 Å². The molecule has 3 rings (SSSR count). The van der Waals surface area contributed by atoms with Gasteiger partial charge in [-0.15, -0.1) is 0 Å². The maximum Gasteiger partial charge on any atom is 0.0239 e. The van der Waals surface area contributed by atoms with Gasteiger partial charge >= 0.3 is 0 Å². The lowest BCUT2D eigenvalue weighted by atomic mass is 9.86. The zero-order chi connectivity index (χ0) is 14.7. The number of fused-ring (bicyclic) bond motifs is 1. The minimum absolute atomic E-state index is 0.648. The Balaban J connectivity index is 0.000000704. The van der Waals surface area contributed by atoms with Crippen LogP contribution in [0, 0.1) is 6.92 Å². The molecule has 1 aliphatic carbocycles. The van der Waals surface area contributed by atoms with E-state index < -0.39 is 0 Å². The highest BCUT2D eigenvalue weighted by atomic mass is 15.2. The van der Waals surface area contributed by atoms with E-state index in [1.54, 1.807) is 16.7 Å². The quantitative estimate of drug-likeness (QED) is 0.728. The van der Waals surface area contributed by atoms with Crippen LogP contribution in [0.2, 0.25) is 0 Å². The highest BCUT2D eigenvalue weighted by Crippen LogP contribution is 2.32. The molecule has 0 unspecified atom stereocenters. The van der Waals surface area contributed by atoms with Crippen molar-refractivity contribution >= 4 is 0 Å². The topological polar surface area (TPSA) is 3.24 Å². The summed E-state index contributed by atoms with van der Waals surface area (Å²) in [5, 5.41) is 0. The summed E-state index contributed by atoms with van der Waals surface area (Å²) in [6.45, 7) is 13.4. The van der Waals surface area contributed by atoms with Crippen molar-refractivity contribution in [2.75, 3.05) is 6.54 Å². The van der Waals surface area contributed by atoms with Crippen LogP contribution in [0.1, 0.15) is 75.1 Å². The zero-order valence-corrected chi connectivity index (χ0v) is 14.0. The molecular weight excluding hydrogens is 242 g/mol. The van der Waals surface area contributed by atoms with E-state index in [1.165, 1.54) is 44.3 Å². The van der Waals surface area contributed by atoms with Crippen LogP contribution in [0.4, 0.5) is 0 Å². The normalized spacial score (nSPS) is 19.1. The zero-order valence-electron chi connectivity index (χ0n) is 14.0. The van der Waals surface area contributed by atoms with Gasteiger partial charge in [0.15, 0.2) is 0 Å². The van der Waals surface area contributed by atoms with Crippen LogP contribution in [0.15, 0.2) is 12.1 Å². The van der Waals surface area contributed by atoms with Crippen LogP contribution in [-0.2, 0) is 13.0 Å². The predicted octanol–water partition coefficient (Wildman–Crippen LogP) is 5.06. The average molecular weight is 273 g/mol. The van der Waals surface area contributed by atoms with E-state index in [-0.39, 0.29) is 0 Å². The highest BCUT2D eigenvalue weighted by molar-refractivity contribution is 5.40. The molecule has 1 heterocycles. The van der Waals surface area contributed by atoms with Gasteiger partial charge in [0.05, 0.1) is 0 Å². The summed E-state index contributed by atoms with van der Waals surface area (Å²) in [5.41, 5.74) is 6.24. The average Bonchev–Trinajstić information content (AvgIpc) is 2.38. The summed E-state index contributed by atoms with van der Waals surface area (Å²) in [7, 11) is 0. The molecular formula is C19H31N. The second-order valence-electron chi connectivity index (χ2n) is 6.44. The third kappa shape index (κ3) is 3.09. The molecule has 20 heavy (non-hydrogen) atoms. The van der Waals surface area contributed by atoms with Crippen molar-refractivity contribution in [2.24, 2.45) is 0 Å². The molecule has 1 fully saturated rings. The van der Waals surface area contributed by atoms with E-state index in [0.29, 0.717) is 5.92 Å². The number of hydrogen-bond acceptors (Lipinski definition) is 1. The predicted molar refractivity (Wildman–Crippen MR) is 88.4 cm³/mol. The molecule has 1 aromatic rings. The van der Waals surface area contributed by atoms with E-state index in [1.807, 2.05) is 13.8 Å². The fourth-order valence-electron chi connectivity index (χ4n) is 3.46. The molecule has 0 atom stereocenters. The summed E-state index contributed by atoms with van der Waals surface area (Å²) in [6, 6.07) is 5.82. The first-order valence-electron chi connectivity index (χ1n) is 8.51. The Bertz CT molecular complexity index is 443. The SMILES string of the molecule is CC.Cc1cc2c(cc1C(C)C)CN(C1CCC1)CC2. The summed E-state index contributed by atoms with van der Waals surface area (Å²) < 4.78 is 0. The van der Waals surface area contributed by atoms with E-state index in [9.17, 15) is 0 Å². The van der Waals surface area contributed by atoms with Gasteiger partial charge in [0.1, 0.15) is 0 Å². The van der Waals surface area contributed by atoms with Crippen LogP contribution >= 0.6 is 0 Å². The number of hydrogen-bond donors (Lipinski definition) is 0. The van der Waals surface area contributed by atoms with Crippen molar-refractivity contribution in [1.82, 2.24) is 4.90 Å². The molecule has 0 bridgehead atoms. The van der Waals surface area contributed by atoms with Crippen molar-refractivity contribution in [3.63, 3.8) is 0 Å². The molecule has 0 amide bonds. The van der Waals surface area contributed by atoms with Crippen molar-refractivity contribution in [1.29, 1.82) is 0 Å². The molecule has 0 N–H and O–H groups in total. The van der Waals surface area contributed by atoms with Gasteiger partial charge in [-0.05, 0) is 54.4 Å². The molecule has 1 saturated carbocycles. The van der Waals surface area contributed by atoms with Gasteiger partial charge in [-0.1, -0.05) is 46.2 Å². The summed E-state index contributed by atoms with van der Waals surface area (Å²) in [6.07, 6.45) is 5.56. The Kier molecular flexibility index (Phi) is 5.26. The number of nitrogens with zero attached hydrogens (tertiary/aromatic N) is 1. The van der Waals surface area contributed by atoms with E-state index in [2.05, 4.69) is 37.8 Å². The Hall–Kier alpha value is -0.820. The minimum Gasteiger partial charge on any atom is -0.296 e. The Morgan fingerprint density at radius 2 is 1.80 bits per heavy atom. The Morgan fingerprint density at radius 1 is 1.10 bits per heavy atom. The van der Waals surface area contributed by atoms with Gasteiger partial charge in [-0.25, -0.2) is 0 Å². The van der Waals surface area contributed by atoms with E-state index in [0.717, 1.165) is 6.04 Å². The van der Waals surface area contributed by atoms with Gasteiger partial charge < -0.3 is 0 Å². The van der Waals surface area contributed by atoms with Crippen LogP contribution in [0.3, 0.4) is 0 Å². The molecule has 2 aliphatic rings. The molecule has 1 nitrogen and oxygen atoms in total. The minimum atomic E-state index is 0.648. The van der Waals surface area contributed by atoms with Crippen LogP contribution in [0.5, 0.6) is 0 Å². The van der Waals surface area contributed by atoms with Crippen LogP contribution in [-0.4, -0.2) is 17.5 Å². The third-order valence-electron chi connectivity index (χ3n) is 4.84. The largest absolute Gasteiger partial charge is 0.296 e. The molecule has 1 heteroatoms. The molecule has 0 radical (unpaired) electrons. The lowest BCUT2D eigenvalue weighted by molar-refractivity contribution is 0.113. The Morgan fingerprint density at radius 3 is 2.35 bits per heavy atom. The fourth-order valence-corrected chi connectivity index (χ4v) is 3.46. The smallest absolute Gasteiger partial charge is 0.0239 e. The van der Waals surface area contributed by atoms with Gasteiger partial charge in [-0.2, -0.15) is 0 Å². The number of aryl methyl sites for hydroxylation is 1. The Labute approximate surface area is 125 Å². The van der Waals surface area contributed by atoms with Gasteiger partial charge in [0.25, 0.3) is 0 Å². The van der Waals surface area contributed by atoms with Gasteiger partial charge in [0.2, 0.25) is 0 Å².